The predicted molar refractivity (Wildman–Crippen MR) is 152 cm³/mol. The number of benzene rings is 1. The fraction of sp³-hybridized carbons (Fsp3) is 0.552. The first-order valence-electron chi connectivity index (χ1n) is 13.5. The van der Waals surface area contributed by atoms with E-state index in [-0.39, 0.29) is 6.03 Å². The molecular weight excluding hydrogens is 480 g/mol. The molecule has 0 spiro atoms. The van der Waals surface area contributed by atoms with Gasteiger partial charge in [-0.05, 0) is 94.3 Å². The third kappa shape index (κ3) is 6.68. The van der Waals surface area contributed by atoms with Crippen LogP contribution in [0.15, 0.2) is 30.3 Å². The molecule has 1 aromatic carbocycles. The van der Waals surface area contributed by atoms with Crippen LogP contribution >= 0.6 is 0 Å². The zero-order chi connectivity index (χ0) is 27.7. The minimum Gasteiger partial charge on any atom is -0.444 e. The van der Waals surface area contributed by atoms with Gasteiger partial charge in [-0.15, -0.1) is 0 Å². The average molecular weight is 523 g/mol. The number of aryl methyl sites for hydroxylation is 1. The molecular formula is C29H42N6O3. The highest BCUT2D eigenvalue weighted by molar-refractivity contribution is 5.91. The van der Waals surface area contributed by atoms with Crippen molar-refractivity contribution >= 4 is 29.4 Å². The minimum absolute atomic E-state index is 0.0560. The van der Waals surface area contributed by atoms with Gasteiger partial charge < -0.3 is 30.9 Å². The van der Waals surface area contributed by atoms with Gasteiger partial charge in [0.15, 0.2) is 0 Å². The summed E-state index contributed by atoms with van der Waals surface area (Å²) in [5.41, 5.74) is 9.00. The lowest BCUT2D eigenvalue weighted by atomic mass is 10.00. The van der Waals surface area contributed by atoms with Crippen LogP contribution in [0.4, 0.5) is 26.9 Å². The standard InChI is InChI=1S/C29H42N6O3/c1-7-20-10-12-34(17-20)26(36)31-22-9-8-19(2)23(16-22)21-14-24(30)32-25(15-21)35-13-11-29(6,18-35)33-27(37)38-28(3,4)5/h8-9,14-16,20H,7,10-13,17-18H2,1-6H3,(H2,30,32)(H,31,36)(H,33,37)/t20-,29+/m1/s1. The molecule has 38 heavy (non-hydrogen) atoms. The molecule has 0 aliphatic carbocycles. The van der Waals surface area contributed by atoms with E-state index in [4.69, 9.17) is 10.5 Å². The van der Waals surface area contributed by atoms with Crippen molar-refractivity contribution < 1.29 is 14.3 Å². The minimum atomic E-state index is -0.554. The van der Waals surface area contributed by atoms with E-state index in [0.717, 1.165) is 67.1 Å². The summed E-state index contributed by atoms with van der Waals surface area (Å²) in [4.78, 5) is 33.9. The maximum atomic E-state index is 12.8. The number of aromatic nitrogens is 1. The Bertz CT molecular complexity index is 1190. The normalized spacial score (nSPS) is 21.5. The van der Waals surface area contributed by atoms with Crippen molar-refractivity contribution in [3.8, 4) is 11.1 Å². The second-order valence-corrected chi connectivity index (χ2v) is 12.0. The Balaban J connectivity index is 1.50. The molecule has 2 fully saturated rings. The molecule has 4 N–H and O–H groups in total. The van der Waals surface area contributed by atoms with Crippen molar-refractivity contribution in [2.24, 2.45) is 5.92 Å². The van der Waals surface area contributed by atoms with E-state index < -0.39 is 17.2 Å². The Morgan fingerprint density at radius 2 is 1.97 bits per heavy atom. The third-order valence-corrected chi connectivity index (χ3v) is 7.38. The van der Waals surface area contributed by atoms with E-state index >= 15 is 0 Å². The van der Waals surface area contributed by atoms with Gasteiger partial charge in [-0.3, -0.25) is 0 Å². The van der Waals surface area contributed by atoms with Crippen LogP contribution in [-0.2, 0) is 4.74 Å². The number of nitrogens with two attached hydrogens (primary N) is 1. The second-order valence-electron chi connectivity index (χ2n) is 12.0. The third-order valence-electron chi connectivity index (χ3n) is 7.38. The van der Waals surface area contributed by atoms with Crippen molar-refractivity contribution in [3.63, 3.8) is 0 Å². The Hall–Kier alpha value is -3.49. The quantitative estimate of drug-likeness (QED) is 0.485. The van der Waals surface area contributed by atoms with Crippen LogP contribution in [0.5, 0.6) is 0 Å². The number of alkyl carbamates (subject to hydrolysis) is 1. The van der Waals surface area contributed by atoms with E-state index in [1.54, 1.807) is 0 Å². The van der Waals surface area contributed by atoms with Gasteiger partial charge in [0.2, 0.25) is 0 Å². The van der Waals surface area contributed by atoms with Gasteiger partial charge in [0, 0.05) is 31.9 Å². The van der Waals surface area contributed by atoms with Crippen LogP contribution in [0.2, 0.25) is 0 Å². The molecule has 9 heteroatoms. The summed E-state index contributed by atoms with van der Waals surface area (Å²) < 4.78 is 5.46. The summed E-state index contributed by atoms with van der Waals surface area (Å²) >= 11 is 0. The van der Waals surface area contributed by atoms with Crippen LogP contribution < -0.4 is 21.3 Å². The molecule has 2 aromatic rings. The van der Waals surface area contributed by atoms with Crippen molar-refractivity contribution in [1.82, 2.24) is 15.2 Å². The number of urea groups is 1. The number of nitrogens with one attached hydrogen (secondary N) is 2. The number of carbonyl (C=O) groups excluding carboxylic acids is 2. The number of amides is 3. The van der Waals surface area contributed by atoms with Crippen molar-refractivity contribution in [1.29, 1.82) is 0 Å². The number of nitrogens with zero attached hydrogens (tertiary/aromatic N) is 3. The lowest BCUT2D eigenvalue weighted by Crippen LogP contribution is -2.49. The molecule has 0 bridgehead atoms. The molecule has 1 aromatic heterocycles. The molecule has 2 aliphatic rings. The first-order valence-corrected chi connectivity index (χ1v) is 13.5. The molecule has 2 saturated heterocycles. The summed E-state index contributed by atoms with van der Waals surface area (Å²) in [6.07, 6.45) is 2.49. The monoisotopic (exact) mass is 522 g/mol. The molecule has 2 aliphatic heterocycles. The van der Waals surface area contributed by atoms with E-state index in [2.05, 4.69) is 27.4 Å². The molecule has 206 valence electrons. The topological polar surface area (TPSA) is 113 Å². The number of ether oxygens (including phenoxy) is 1. The highest BCUT2D eigenvalue weighted by atomic mass is 16.6. The largest absolute Gasteiger partial charge is 0.444 e. The van der Waals surface area contributed by atoms with Crippen LogP contribution in [-0.4, -0.2) is 59.3 Å². The number of anilines is 3. The molecule has 2 atom stereocenters. The maximum Gasteiger partial charge on any atom is 0.408 e. The van der Waals surface area contributed by atoms with E-state index in [1.165, 1.54) is 0 Å². The van der Waals surface area contributed by atoms with Gasteiger partial charge >= 0.3 is 12.1 Å². The van der Waals surface area contributed by atoms with Crippen LogP contribution in [0.25, 0.3) is 11.1 Å². The fourth-order valence-corrected chi connectivity index (χ4v) is 5.23. The zero-order valence-corrected chi connectivity index (χ0v) is 23.6. The van der Waals surface area contributed by atoms with Gasteiger partial charge in [-0.1, -0.05) is 19.4 Å². The highest BCUT2D eigenvalue weighted by Crippen LogP contribution is 2.33. The van der Waals surface area contributed by atoms with E-state index in [0.29, 0.717) is 18.3 Å². The highest BCUT2D eigenvalue weighted by Gasteiger charge is 2.37. The van der Waals surface area contributed by atoms with Crippen LogP contribution in [0.1, 0.15) is 59.4 Å². The SMILES string of the molecule is CC[C@@H]1CCN(C(=O)Nc2ccc(C)c(-c3cc(N)nc(N4CC[C@](C)(NC(=O)OC(C)(C)C)C4)c3)c2)C1. The second kappa shape index (κ2) is 10.7. The Labute approximate surface area is 226 Å². The van der Waals surface area contributed by atoms with Gasteiger partial charge in [-0.25, -0.2) is 14.6 Å². The molecule has 0 radical (unpaired) electrons. The Morgan fingerprint density at radius 3 is 2.66 bits per heavy atom. The van der Waals surface area contributed by atoms with E-state index in [1.807, 2.05) is 69.9 Å². The molecule has 0 unspecified atom stereocenters. The predicted octanol–water partition coefficient (Wildman–Crippen LogP) is 5.40. The molecule has 3 heterocycles. The van der Waals surface area contributed by atoms with Crippen molar-refractivity contribution in [2.75, 3.05) is 42.1 Å². The number of pyridine rings is 1. The van der Waals surface area contributed by atoms with Gasteiger partial charge in [0.25, 0.3) is 0 Å². The number of likely N-dealkylation sites (tertiary alicyclic amines) is 1. The summed E-state index contributed by atoms with van der Waals surface area (Å²) in [5, 5.41) is 6.10. The smallest absolute Gasteiger partial charge is 0.408 e. The number of nitrogen functional groups attached to an aromatic ring is 1. The number of hydrogen-bond donors (Lipinski definition) is 3. The first kappa shape index (κ1) is 27.5. The van der Waals surface area contributed by atoms with Crippen LogP contribution in [0.3, 0.4) is 0 Å². The van der Waals surface area contributed by atoms with Gasteiger partial charge in [0.05, 0.1) is 5.54 Å². The number of carbonyl (C=O) groups is 2. The van der Waals surface area contributed by atoms with Gasteiger partial charge in [-0.2, -0.15) is 0 Å². The van der Waals surface area contributed by atoms with Crippen molar-refractivity contribution in [2.45, 2.75) is 71.9 Å². The summed E-state index contributed by atoms with van der Waals surface area (Å²) in [5.74, 6) is 1.76. The van der Waals surface area contributed by atoms with Crippen LogP contribution in [0, 0.1) is 12.8 Å². The van der Waals surface area contributed by atoms with Crippen molar-refractivity contribution in [3.05, 3.63) is 35.9 Å². The molecule has 4 rings (SSSR count). The molecule has 9 nitrogen and oxygen atoms in total. The maximum absolute atomic E-state index is 12.8. The van der Waals surface area contributed by atoms with Gasteiger partial charge in [0.1, 0.15) is 17.2 Å². The lowest BCUT2D eigenvalue weighted by molar-refractivity contribution is 0.0473. The summed E-state index contributed by atoms with van der Waals surface area (Å²) in [6.45, 7) is 14.7. The average Bonchev–Trinajstić information content (AvgIpc) is 3.45. The Morgan fingerprint density at radius 1 is 1.21 bits per heavy atom. The number of rotatable bonds is 5. The fourth-order valence-electron chi connectivity index (χ4n) is 5.23. The number of hydrogen-bond acceptors (Lipinski definition) is 6. The Kier molecular flexibility index (Phi) is 7.76. The first-order chi connectivity index (χ1) is 17.8. The molecule has 0 saturated carbocycles. The lowest BCUT2D eigenvalue weighted by Gasteiger charge is -2.28. The zero-order valence-electron chi connectivity index (χ0n) is 23.6. The van der Waals surface area contributed by atoms with E-state index in [9.17, 15) is 9.59 Å². The summed E-state index contributed by atoms with van der Waals surface area (Å²) in [7, 11) is 0. The summed E-state index contributed by atoms with van der Waals surface area (Å²) in [6, 6.07) is 9.77. The molecule has 3 amide bonds.